The number of benzene rings is 1. The first-order valence-electron chi connectivity index (χ1n) is 5.40. The minimum atomic E-state index is -3.66. The molecule has 0 aliphatic heterocycles. The summed E-state index contributed by atoms with van der Waals surface area (Å²) in [6.45, 7) is 4.15. The Bertz CT molecular complexity index is 471. The number of hydrogen-bond donors (Lipinski definition) is 2. The van der Waals surface area contributed by atoms with E-state index in [0.29, 0.717) is 13.1 Å². The molecule has 0 aliphatic rings. The highest BCUT2D eigenvalue weighted by Crippen LogP contribution is 2.13. The van der Waals surface area contributed by atoms with Crippen molar-refractivity contribution in [2.45, 2.75) is 18.7 Å². The van der Waals surface area contributed by atoms with Gasteiger partial charge in [0.15, 0.2) is 0 Å². The second kappa shape index (κ2) is 5.64. The quantitative estimate of drug-likeness (QED) is 0.690. The Balaban J connectivity index is 3.33. The van der Waals surface area contributed by atoms with E-state index >= 15 is 0 Å². The zero-order chi connectivity index (χ0) is 13.1. The van der Waals surface area contributed by atoms with Crippen molar-refractivity contribution in [1.29, 1.82) is 0 Å². The molecule has 0 aromatic heterocycles. The molecular weight excluding hydrogens is 241 g/mol. The third-order valence-corrected chi connectivity index (χ3v) is 4.64. The van der Waals surface area contributed by atoms with Crippen LogP contribution in [-0.4, -0.2) is 43.0 Å². The van der Waals surface area contributed by atoms with Crippen molar-refractivity contribution in [2.24, 2.45) is 0 Å². The second-order valence-corrected chi connectivity index (χ2v) is 5.41. The smallest absolute Gasteiger partial charge is 0.423 e. The van der Waals surface area contributed by atoms with Gasteiger partial charge >= 0.3 is 7.12 Å². The molecule has 0 aliphatic carbocycles. The maximum atomic E-state index is 12.2. The van der Waals surface area contributed by atoms with Crippen LogP contribution >= 0.6 is 0 Å². The van der Waals surface area contributed by atoms with E-state index in [1.807, 2.05) is 0 Å². The topological polar surface area (TPSA) is 77.8 Å². The molecule has 1 rings (SSSR count). The van der Waals surface area contributed by atoms with E-state index in [1.54, 1.807) is 26.0 Å². The van der Waals surface area contributed by atoms with Crippen LogP contribution in [0.2, 0.25) is 0 Å². The molecule has 5 nitrogen and oxygen atoms in total. The zero-order valence-corrected chi connectivity index (χ0v) is 10.7. The predicted molar refractivity (Wildman–Crippen MR) is 66.4 cm³/mol. The average molecular weight is 257 g/mol. The molecule has 94 valence electrons. The Hall–Kier alpha value is -0.885. The van der Waals surface area contributed by atoms with Crippen molar-refractivity contribution in [1.82, 2.24) is 4.31 Å². The maximum Gasteiger partial charge on any atom is 0.489 e. The number of hydrogen-bond acceptors (Lipinski definition) is 4. The molecular formula is C10H16BNO4S. The molecule has 0 spiro atoms. The Morgan fingerprint density at radius 2 is 1.71 bits per heavy atom. The van der Waals surface area contributed by atoms with E-state index in [0.717, 1.165) is 0 Å². The first kappa shape index (κ1) is 14.2. The first-order chi connectivity index (χ1) is 7.95. The van der Waals surface area contributed by atoms with E-state index < -0.39 is 17.1 Å². The molecule has 17 heavy (non-hydrogen) atoms. The van der Waals surface area contributed by atoms with Gasteiger partial charge in [-0.15, -0.1) is 0 Å². The minimum Gasteiger partial charge on any atom is -0.423 e. The van der Waals surface area contributed by atoms with Crippen molar-refractivity contribution >= 4 is 22.6 Å². The summed E-state index contributed by atoms with van der Waals surface area (Å²) < 4.78 is 25.7. The lowest BCUT2D eigenvalue weighted by Gasteiger charge is -2.20. The lowest BCUT2D eigenvalue weighted by molar-refractivity contribution is 0.422. The van der Waals surface area contributed by atoms with E-state index in [2.05, 4.69) is 0 Å². The Morgan fingerprint density at radius 1 is 1.18 bits per heavy atom. The molecule has 2 N–H and O–H groups in total. The molecule has 0 heterocycles. The van der Waals surface area contributed by atoms with Crippen molar-refractivity contribution in [3.63, 3.8) is 0 Å². The molecule has 1 aromatic rings. The fraction of sp³-hybridized carbons (Fsp3) is 0.400. The van der Waals surface area contributed by atoms with Gasteiger partial charge in [-0.05, 0) is 6.07 Å². The summed E-state index contributed by atoms with van der Waals surface area (Å²) in [5.41, 5.74) is -0.000556. The van der Waals surface area contributed by atoms with Crippen LogP contribution in [0, 0.1) is 0 Å². The van der Waals surface area contributed by atoms with E-state index in [4.69, 9.17) is 10.0 Å². The summed E-state index contributed by atoms with van der Waals surface area (Å²) in [4.78, 5) is -0.0568. The van der Waals surface area contributed by atoms with Crippen molar-refractivity contribution in [3.05, 3.63) is 24.3 Å². The van der Waals surface area contributed by atoms with Crippen molar-refractivity contribution in [3.8, 4) is 0 Å². The molecule has 0 fully saturated rings. The lowest BCUT2D eigenvalue weighted by Crippen LogP contribution is -2.39. The van der Waals surface area contributed by atoms with Crippen LogP contribution in [0.4, 0.5) is 0 Å². The van der Waals surface area contributed by atoms with Gasteiger partial charge in [0.2, 0.25) is 10.0 Å². The van der Waals surface area contributed by atoms with Crippen LogP contribution in [0.1, 0.15) is 13.8 Å². The Morgan fingerprint density at radius 3 is 2.18 bits per heavy atom. The first-order valence-corrected chi connectivity index (χ1v) is 6.84. The van der Waals surface area contributed by atoms with Gasteiger partial charge in [-0.1, -0.05) is 32.0 Å². The van der Waals surface area contributed by atoms with Gasteiger partial charge in [-0.25, -0.2) is 8.42 Å². The SMILES string of the molecule is CCN(CC)S(=O)(=O)c1ccccc1B(O)O. The summed E-state index contributed by atoms with van der Waals surface area (Å²) in [5.74, 6) is 0. The van der Waals surface area contributed by atoms with E-state index in [-0.39, 0.29) is 10.4 Å². The zero-order valence-electron chi connectivity index (χ0n) is 9.87. The molecule has 0 saturated carbocycles. The molecule has 7 heteroatoms. The second-order valence-electron chi connectivity index (χ2n) is 3.50. The van der Waals surface area contributed by atoms with Crippen LogP contribution < -0.4 is 5.46 Å². The van der Waals surface area contributed by atoms with Crippen LogP contribution in [0.3, 0.4) is 0 Å². The third kappa shape index (κ3) is 2.87. The average Bonchev–Trinajstić information content (AvgIpc) is 2.30. The number of sulfonamides is 1. The van der Waals surface area contributed by atoms with Crippen LogP contribution in [0.25, 0.3) is 0 Å². The normalized spacial score (nSPS) is 11.8. The summed E-state index contributed by atoms with van der Waals surface area (Å²) in [6.07, 6.45) is 0. The summed E-state index contributed by atoms with van der Waals surface area (Å²) >= 11 is 0. The Kier molecular flexibility index (Phi) is 4.70. The van der Waals surface area contributed by atoms with Gasteiger partial charge < -0.3 is 10.0 Å². The van der Waals surface area contributed by atoms with Gasteiger partial charge in [0.25, 0.3) is 0 Å². The van der Waals surface area contributed by atoms with Gasteiger partial charge in [-0.3, -0.25) is 0 Å². The standard InChI is InChI=1S/C10H16BNO4S/c1-3-12(4-2)17(15,16)10-8-6-5-7-9(10)11(13)14/h5-8,13-14H,3-4H2,1-2H3. The summed E-state index contributed by atoms with van der Waals surface area (Å²) in [7, 11) is -5.46. The van der Waals surface area contributed by atoms with Gasteiger partial charge in [-0.2, -0.15) is 4.31 Å². The molecule has 0 unspecified atom stereocenters. The highest BCUT2D eigenvalue weighted by Gasteiger charge is 2.28. The number of rotatable bonds is 5. The van der Waals surface area contributed by atoms with Gasteiger partial charge in [0, 0.05) is 18.6 Å². The number of nitrogens with zero attached hydrogens (tertiary/aromatic N) is 1. The maximum absolute atomic E-state index is 12.2. The molecule has 0 atom stereocenters. The van der Waals surface area contributed by atoms with Crippen molar-refractivity contribution < 1.29 is 18.5 Å². The highest BCUT2D eigenvalue weighted by molar-refractivity contribution is 7.89. The van der Waals surface area contributed by atoms with Crippen LogP contribution in [0.15, 0.2) is 29.2 Å². The van der Waals surface area contributed by atoms with Crippen LogP contribution in [-0.2, 0) is 10.0 Å². The predicted octanol–water partition coefficient (Wildman–Crippen LogP) is -0.603. The van der Waals surface area contributed by atoms with Crippen LogP contribution in [0.5, 0.6) is 0 Å². The summed E-state index contributed by atoms with van der Waals surface area (Å²) in [6, 6.07) is 5.89. The molecule has 1 aromatic carbocycles. The molecule has 0 saturated heterocycles. The Labute approximate surface area is 102 Å². The lowest BCUT2D eigenvalue weighted by atomic mass is 9.80. The van der Waals surface area contributed by atoms with Gasteiger partial charge in [0.1, 0.15) is 0 Å². The third-order valence-electron chi connectivity index (χ3n) is 2.52. The minimum absolute atomic E-state index is 0.000556. The highest BCUT2D eigenvalue weighted by atomic mass is 32.2. The largest absolute Gasteiger partial charge is 0.489 e. The van der Waals surface area contributed by atoms with Crippen molar-refractivity contribution in [2.75, 3.05) is 13.1 Å². The van der Waals surface area contributed by atoms with E-state index in [9.17, 15) is 8.42 Å². The van der Waals surface area contributed by atoms with E-state index in [1.165, 1.54) is 16.4 Å². The molecule has 0 amide bonds. The monoisotopic (exact) mass is 257 g/mol. The fourth-order valence-electron chi connectivity index (χ4n) is 1.63. The van der Waals surface area contributed by atoms with Gasteiger partial charge in [0.05, 0.1) is 4.90 Å². The fourth-order valence-corrected chi connectivity index (χ4v) is 3.31. The molecule has 0 radical (unpaired) electrons. The molecule has 0 bridgehead atoms. The summed E-state index contributed by atoms with van der Waals surface area (Å²) in [5, 5.41) is 18.3.